The van der Waals surface area contributed by atoms with Crippen molar-refractivity contribution in [2.75, 3.05) is 24.6 Å². The molecule has 1 aliphatic carbocycles. The average Bonchev–Trinajstić information content (AvgIpc) is 3.05. The molecule has 5 rings (SSSR count). The highest BCUT2D eigenvalue weighted by Gasteiger charge is 2.38. The van der Waals surface area contributed by atoms with E-state index in [4.69, 9.17) is 19.2 Å². The summed E-state index contributed by atoms with van der Waals surface area (Å²) in [7, 11) is 0. The highest BCUT2D eigenvalue weighted by molar-refractivity contribution is 5.88. The molecule has 0 spiro atoms. The standard InChI is InChI=1S/C45H63FN2O4/c1-30(2)51-42(49)41(52-43(4,5)6)38-31(3)47-37(29-33-19-22-44(7,8)23-20-33)39(40(38)48-26-24-45(9,10)25-27-48)34-13-17-36(18-14-34)50-28-21-32-11-15-35(46)16-12-32/h11-18,30,33,41H,19-29H2,1-10H3. The van der Waals surface area contributed by atoms with E-state index in [1.54, 1.807) is 12.1 Å². The average molecular weight is 715 g/mol. The molecule has 52 heavy (non-hydrogen) atoms. The van der Waals surface area contributed by atoms with E-state index in [1.807, 2.05) is 53.7 Å². The third-order valence-electron chi connectivity index (χ3n) is 10.9. The fraction of sp³-hybridized carbons (Fsp3) is 0.600. The summed E-state index contributed by atoms with van der Waals surface area (Å²) in [5.41, 5.74) is 6.95. The number of carbonyl (C=O) groups excluding carboxylic acids is 1. The Bertz CT molecular complexity index is 1640. The molecule has 0 amide bonds. The molecule has 1 saturated carbocycles. The Hall–Kier alpha value is -3.45. The first kappa shape index (κ1) is 39.8. The maximum absolute atomic E-state index is 14.1. The Kier molecular flexibility index (Phi) is 12.4. The first-order valence-electron chi connectivity index (χ1n) is 19.5. The molecule has 1 atom stereocenters. The van der Waals surface area contributed by atoms with E-state index in [2.05, 4.69) is 44.7 Å². The molecule has 0 bridgehead atoms. The number of aromatic nitrogens is 1. The molecule has 0 N–H and O–H groups in total. The van der Waals surface area contributed by atoms with Crippen molar-refractivity contribution < 1.29 is 23.4 Å². The van der Waals surface area contributed by atoms with Crippen molar-refractivity contribution in [3.05, 3.63) is 76.9 Å². The number of anilines is 1. The van der Waals surface area contributed by atoms with Gasteiger partial charge in [-0.2, -0.15) is 0 Å². The number of esters is 1. The number of aryl methyl sites for hydroxylation is 1. The number of ether oxygens (including phenoxy) is 3. The van der Waals surface area contributed by atoms with Crippen LogP contribution in [0.25, 0.3) is 11.1 Å². The second kappa shape index (κ2) is 16.3. The van der Waals surface area contributed by atoms with Crippen molar-refractivity contribution >= 4 is 11.7 Å². The van der Waals surface area contributed by atoms with Crippen LogP contribution in [0.2, 0.25) is 0 Å². The van der Waals surface area contributed by atoms with E-state index in [0.29, 0.717) is 24.4 Å². The van der Waals surface area contributed by atoms with Crippen molar-refractivity contribution in [3.8, 4) is 16.9 Å². The maximum Gasteiger partial charge on any atom is 0.340 e. The van der Waals surface area contributed by atoms with Gasteiger partial charge < -0.3 is 19.1 Å². The quantitative estimate of drug-likeness (QED) is 0.174. The van der Waals surface area contributed by atoms with Gasteiger partial charge in [0.15, 0.2) is 6.10 Å². The van der Waals surface area contributed by atoms with Gasteiger partial charge in [-0.15, -0.1) is 0 Å². The number of hydrogen-bond donors (Lipinski definition) is 0. The molecular weight excluding hydrogens is 652 g/mol. The Morgan fingerprint density at radius 1 is 0.923 bits per heavy atom. The van der Waals surface area contributed by atoms with Gasteiger partial charge in [-0.25, -0.2) is 9.18 Å². The third kappa shape index (κ3) is 10.6. The van der Waals surface area contributed by atoms with Crippen molar-refractivity contribution in [3.63, 3.8) is 0 Å². The Morgan fingerprint density at radius 2 is 1.52 bits per heavy atom. The predicted molar refractivity (Wildman–Crippen MR) is 209 cm³/mol. The van der Waals surface area contributed by atoms with Crippen molar-refractivity contribution in [2.24, 2.45) is 16.7 Å². The van der Waals surface area contributed by atoms with Gasteiger partial charge in [0.2, 0.25) is 0 Å². The minimum absolute atomic E-state index is 0.235. The number of carbonyl (C=O) groups is 1. The van der Waals surface area contributed by atoms with Crippen LogP contribution in [0.5, 0.6) is 5.75 Å². The summed E-state index contributed by atoms with van der Waals surface area (Å²) in [4.78, 5) is 22.0. The van der Waals surface area contributed by atoms with Crippen LogP contribution >= 0.6 is 0 Å². The van der Waals surface area contributed by atoms with Crippen LogP contribution in [0.4, 0.5) is 10.1 Å². The summed E-state index contributed by atoms with van der Waals surface area (Å²) in [5, 5.41) is 0. The van der Waals surface area contributed by atoms with Crippen LogP contribution in [-0.2, 0) is 27.1 Å². The summed E-state index contributed by atoms with van der Waals surface area (Å²) in [6, 6.07) is 14.9. The summed E-state index contributed by atoms with van der Waals surface area (Å²) in [6.07, 6.45) is 7.23. The molecule has 2 aliphatic rings. The molecule has 2 aromatic carbocycles. The van der Waals surface area contributed by atoms with Crippen molar-refractivity contribution in [2.45, 2.75) is 138 Å². The van der Waals surface area contributed by atoms with Crippen LogP contribution in [0.3, 0.4) is 0 Å². The molecule has 284 valence electrons. The molecule has 7 heteroatoms. The van der Waals surface area contributed by atoms with Crippen LogP contribution in [-0.4, -0.2) is 42.4 Å². The minimum Gasteiger partial charge on any atom is -0.493 e. The molecule has 3 aromatic rings. The van der Waals surface area contributed by atoms with E-state index in [1.165, 1.54) is 37.8 Å². The SMILES string of the molecule is Cc1nc(CC2CCC(C)(C)CC2)c(-c2ccc(OCCc3ccc(F)cc3)cc2)c(N2CCC(C)(C)CC2)c1C(OC(C)(C)C)C(=O)OC(C)C. The predicted octanol–water partition coefficient (Wildman–Crippen LogP) is 11.0. The third-order valence-corrected chi connectivity index (χ3v) is 10.9. The molecule has 2 fully saturated rings. The monoisotopic (exact) mass is 714 g/mol. The minimum atomic E-state index is -0.933. The van der Waals surface area contributed by atoms with Gasteiger partial charge in [-0.05, 0) is 139 Å². The lowest BCUT2D eigenvalue weighted by Crippen LogP contribution is -2.40. The van der Waals surface area contributed by atoms with E-state index in [0.717, 1.165) is 77.4 Å². The van der Waals surface area contributed by atoms with Crippen molar-refractivity contribution in [1.82, 2.24) is 4.98 Å². The Balaban J connectivity index is 1.62. The second-order valence-electron chi connectivity index (χ2n) is 18.1. The molecule has 0 radical (unpaired) electrons. The first-order chi connectivity index (χ1) is 24.4. The van der Waals surface area contributed by atoms with Gasteiger partial charge in [0.25, 0.3) is 0 Å². The fourth-order valence-corrected chi connectivity index (χ4v) is 7.66. The topological polar surface area (TPSA) is 60.9 Å². The highest BCUT2D eigenvalue weighted by Crippen LogP contribution is 2.47. The van der Waals surface area contributed by atoms with E-state index >= 15 is 0 Å². The van der Waals surface area contributed by atoms with E-state index in [-0.39, 0.29) is 23.3 Å². The molecule has 1 aromatic heterocycles. The largest absolute Gasteiger partial charge is 0.493 e. The zero-order valence-corrected chi connectivity index (χ0v) is 33.5. The van der Waals surface area contributed by atoms with Gasteiger partial charge in [0, 0.05) is 36.3 Å². The van der Waals surface area contributed by atoms with Crippen LogP contribution in [0.1, 0.15) is 129 Å². The molecule has 1 unspecified atom stereocenters. The first-order valence-corrected chi connectivity index (χ1v) is 19.5. The van der Waals surface area contributed by atoms with E-state index < -0.39 is 11.7 Å². The molecule has 1 aliphatic heterocycles. The fourth-order valence-electron chi connectivity index (χ4n) is 7.66. The van der Waals surface area contributed by atoms with E-state index in [9.17, 15) is 9.18 Å². The van der Waals surface area contributed by atoms with Crippen LogP contribution in [0, 0.1) is 29.5 Å². The second-order valence-corrected chi connectivity index (χ2v) is 18.1. The number of hydrogen-bond acceptors (Lipinski definition) is 6. The number of rotatable bonds is 12. The molecular formula is C45H63FN2O4. The summed E-state index contributed by atoms with van der Waals surface area (Å²) in [5.74, 6) is 0.699. The number of pyridine rings is 1. The van der Waals surface area contributed by atoms with Crippen LogP contribution < -0.4 is 9.64 Å². The molecule has 1 saturated heterocycles. The number of piperidine rings is 1. The van der Waals surface area contributed by atoms with Crippen molar-refractivity contribution in [1.29, 1.82) is 0 Å². The zero-order valence-electron chi connectivity index (χ0n) is 33.5. The Morgan fingerprint density at radius 3 is 2.10 bits per heavy atom. The van der Waals surface area contributed by atoms with Crippen LogP contribution in [0.15, 0.2) is 48.5 Å². The zero-order chi connectivity index (χ0) is 37.8. The van der Waals surface area contributed by atoms with Gasteiger partial charge in [-0.3, -0.25) is 4.98 Å². The van der Waals surface area contributed by atoms with Gasteiger partial charge in [0.1, 0.15) is 11.6 Å². The lowest BCUT2D eigenvalue weighted by atomic mass is 9.71. The lowest BCUT2D eigenvalue weighted by molar-refractivity contribution is -0.171. The highest BCUT2D eigenvalue weighted by atomic mass is 19.1. The number of halogens is 1. The number of benzene rings is 2. The summed E-state index contributed by atoms with van der Waals surface area (Å²) in [6.45, 7) is 23.5. The molecule has 2 heterocycles. The maximum atomic E-state index is 14.1. The Labute approximate surface area is 312 Å². The molecule has 6 nitrogen and oxygen atoms in total. The summed E-state index contributed by atoms with van der Waals surface area (Å²) >= 11 is 0. The smallest absolute Gasteiger partial charge is 0.340 e. The van der Waals surface area contributed by atoms with Gasteiger partial charge in [-0.1, -0.05) is 52.0 Å². The summed E-state index contributed by atoms with van der Waals surface area (Å²) < 4.78 is 32.2. The normalized spacial score (nSPS) is 18.3. The van der Waals surface area contributed by atoms with Gasteiger partial charge >= 0.3 is 5.97 Å². The number of nitrogens with zero attached hydrogens (tertiary/aromatic N) is 2. The van der Waals surface area contributed by atoms with Gasteiger partial charge in [0.05, 0.1) is 29.7 Å². The lowest BCUT2D eigenvalue weighted by Gasteiger charge is -2.42.